The summed E-state index contributed by atoms with van der Waals surface area (Å²) in [6.45, 7) is 6.21. The van der Waals surface area contributed by atoms with Gasteiger partial charge in [-0.1, -0.05) is 36.4 Å². The predicted molar refractivity (Wildman–Crippen MR) is 117 cm³/mol. The average Bonchev–Trinajstić information content (AvgIpc) is 3.14. The molecule has 0 aliphatic rings. The molecule has 2 aromatic heterocycles. The third-order valence-corrected chi connectivity index (χ3v) is 5.55. The number of carbonyl (C=O) groups excluding carboxylic acids is 1. The second-order valence-electron chi connectivity index (χ2n) is 7.57. The smallest absolute Gasteiger partial charge is 0.225 e. The van der Waals surface area contributed by atoms with E-state index in [0.717, 1.165) is 22.6 Å². The van der Waals surface area contributed by atoms with Crippen molar-refractivity contribution in [2.45, 2.75) is 33.1 Å². The molecule has 2 heterocycles. The lowest BCUT2D eigenvalue weighted by Crippen LogP contribution is -2.18. The number of pyridine rings is 1. The highest BCUT2D eigenvalue weighted by Crippen LogP contribution is 2.31. The predicted octanol–water partition coefficient (Wildman–Crippen LogP) is 5.42. The molecule has 146 valence electrons. The zero-order valence-corrected chi connectivity index (χ0v) is 17.0. The van der Waals surface area contributed by atoms with Gasteiger partial charge in [-0.25, -0.2) is 4.98 Å². The summed E-state index contributed by atoms with van der Waals surface area (Å²) in [5.74, 6) is -0.0902. The molecule has 1 N–H and O–H groups in total. The Balaban J connectivity index is 1.68. The zero-order chi connectivity index (χ0) is 20.4. The lowest BCUT2D eigenvalue weighted by atomic mass is 9.89. The summed E-state index contributed by atoms with van der Waals surface area (Å²) in [6, 6.07) is 20.2. The number of nitrogens with zero attached hydrogens (tertiary/aromatic N) is 2. The van der Waals surface area contributed by atoms with E-state index >= 15 is 0 Å². The van der Waals surface area contributed by atoms with Crippen molar-refractivity contribution in [1.82, 2.24) is 9.38 Å². The highest BCUT2D eigenvalue weighted by molar-refractivity contribution is 5.91. The molecule has 1 unspecified atom stereocenters. The number of carbonyl (C=O) groups is 1. The van der Waals surface area contributed by atoms with E-state index in [1.807, 2.05) is 60.9 Å². The van der Waals surface area contributed by atoms with Crippen LogP contribution in [-0.4, -0.2) is 15.3 Å². The molecule has 0 spiro atoms. The number of hydrogen-bond donors (Lipinski definition) is 1. The molecule has 0 bridgehead atoms. The standard InChI is InChI=1S/C25H25N3O/c1-17-11-12-20(14-19(17)3)27-25(29)15-22(21-9-5-4-8-18(21)2)23-16-26-24-10-6-7-13-28(23)24/h4-14,16,22H,15H2,1-3H3,(H,27,29). The first kappa shape index (κ1) is 18.9. The van der Waals surface area contributed by atoms with Gasteiger partial charge in [0.1, 0.15) is 5.65 Å². The van der Waals surface area contributed by atoms with Crippen LogP contribution < -0.4 is 5.32 Å². The van der Waals surface area contributed by atoms with Crippen LogP contribution in [0.1, 0.15) is 40.3 Å². The van der Waals surface area contributed by atoms with Gasteiger partial charge in [-0.2, -0.15) is 0 Å². The molecule has 1 amide bonds. The number of hydrogen-bond acceptors (Lipinski definition) is 2. The van der Waals surface area contributed by atoms with Crippen LogP contribution in [0.15, 0.2) is 73.1 Å². The number of aryl methyl sites for hydroxylation is 3. The first-order valence-corrected chi connectivity index (χ1v) is 9.87. The van der Waals surface area contributed by atoms with Crippen LogP contribution in [0.2, 0.25) is 0 Å². The molecule has 0 aliphatic carbocycles. The van der Waals surface area contributed by atoms with Gasteiger partial charge in [-0.15, -0.1) is 0 Å². The molecule has 4 nitrogen and oxygen atoms in total. The van der Waals surface area contributed by atoms with Crippen LogP contribution in [0.4, 0.5) is 5.69 Å². The minimum absolute atomic E-state index is 0.00705. The lowest BCUT2D eigenvalue weighted by Gasteiger charge is -2.19. The number of benzene rings is 2. The topological polar surface area (TPSA) is 46.4 Å². The Morgan fingerprint density at radius 3 is 2.55 bits per heavy atom. The number of fused-ring (bicyclic) bond motifs is 1. The second-order valence-corrected chi connectivity index (χ2v) is 7.57. The van der Waals surface area contributed by atoms with E-state index in [-0.39, 0.29) is 11.8 Å². The summed E-state index contributed by atoms with van der Waals surface area (Å²) < 4.78 is 2.07. The van der Waals surface area contributed by atoms with Crippen LogP contribution in [0.3, 0.4) is 0 Å². The van der Waals surface area contributed by atoms with Crippen LogP contribution in [0, 0.1) is 20.8 Å². The highest BCUT2D eigenvalue weighted by atomic mass is 16.1. The van der Waals surface area contributed by atoms with Gasteiger partial charge in [0.15, 0.2) is 0 Å². The van der Waals surface area contributed by atoms with Crippen LogP contribution in [0.5, 0.6) is 0 Å². The summed E-state index contributed by atoms with van der Waals surface area (Å²) in [6.07, 6.45) is 4.24. The quantitative estimate of drug-likeness (QED) is 0.500. The molecule has 0 radical (unpaired) electrons. The fourth-order valence-electron chi connectivity index (χ4n) is 3.78. The van der Waals surface area contributed by atoms with E-state index in [2.05, 4.69) is 47.6 Å². The molecule has 0 saturated carbocycles. The van der Waals surface area contributed by atoms with Crippen molar-refractivity contribution in [1.29, 1.82) is 0 Å². The lowest BCUT2D eigenvalue weighted by molar-refractivity contribution is -0.116. The van der Waals surface area contributed by atoms with E-state index in [1.54, 1.807) is 0 Å². The van der Waals surface area contributed by atoms with Crippen LogP contribution in [0.25, 0.3) is 5.65 Å². The van der Waals surface area contributed by atoms with Gasteiger partial charge in [0, 0.05) is 30.4 Å². The Morgan fingerprint density at radius 2 is 1.76 bits per heavy atom. The van der Waals surface area contributed by atoms with Crippen molar-refractivity contribution in [3.63, 3.8) is 0 Å². The SMILES string of the molecule is Cc1ccc(NC(=O)CC(c2ccccc2C)c2cnc3ccccn23)cc1C. The fourth-order valence-corrected chi connectivity index (χ4v) is 3.78. The summed E-state index contributed by atoms with van der Waals surface area (Å²) in [4.78, 5) is 17.5. The molecule has 4 rings (SSSR count). The molecule has 0 fully saturated rings. The maximum absolute atomic E-state index is 13.0. The number of amides is 1. The maximum atomic E-state index is 13.0. The molecule has 0 saturated heterocycles. The van der Waals surface area contributed by atoms with Gasteiger partial charge in [0.25, 0.3) is 0 Å². The summed E-state index contributed by atoms with van der Waals surface area (Å²) in [7, 11) is 0. The van der Waals surface area contributed by atoms with E-state index in [4.69, 9.17) is 0 Å². The second kappa shape index (κ2) is 7.92. The first-order valence-electron chi connectivity index (χ1n) is 9.87. The number of imidazole rings is 1. The molecular formula is C25H25N3O. The van der Waals surface area contributed by atoms with Gasteiger partial charge in [-0.05, 0) is 67.3 Å². The Morgan fingerprint density at radius 1 is 0.966 bits per heavy atom. The Kier molecular flexibility index (Phi) is 5.17. The number of aromatic nitrogens is 2. The van der Waals surface area contributed by atoms with Gasteiger partial charge in [-0.3, -0.25) is 4.79 Å². The minimum atomic E-state index is -0.0832. The Bertz CT molecular complexity index is 1180. The number of nitrogens with one attached hydrogen (secondary N) is 1. The largest absolute Gasteiger partial charge is 0.326 e. The number of rotatable bonds is 5. The van der Waals surface area contributed by atoms with Crippen molar-refractivity contribution < 1.29 is 4.79 Å². The van der Waals surface area contributed by atoms with Crippen LogP contribution >= 0.6 is 0 Å². The van der Waals surface area contributed by atoms with Crippen molar-refractivity contribution in [3.8, 4) is 0 Å². The molecule has 1 atom stereocenters. The average molecular weight is 383 g/mol. The van der Waals surface area contributed by atoms with E-state index in [0.29, 0.717) is 6.42 Å². The van der Waals surface area contributed by atoms with Crippen molar-refractivity contribution in [3.05, 3.63) is 101 Å². The van der Waals surface area contributed by atoms with Crippen molar-refractivity contribution in [2.75, 3.05) is 5.32 Å². The van der Waals surface area contributed by atoms with Crippen molar-refractivity contribution in [2.24, 2.45) is 0 Å². The van der Waals surface area contributed by atoms with Gasteiger partial charge >= 0.3 is 0 Å². The summed E-state index contributed by atoms with van der Waals surface area (Å²) in [5.41, 5.74) is 7.43. The van der Waals surface area contributed by atoms with Gasteiger partial charge < -0.3 is 9.72 Å². The molecule has 4 heteroatoms. The summed E-state index contributed by atoms with van der Waals surface area (Å²) in [5, 5.41) is 3.07. The third kappa shape index (κ3) is 3.92. The van der Waals surface area contributed by atoms with Crippen LogP contribution in [-0.2, 0) is 4.79 Å². The Labute approximate surface area is 171 Å². The normalized spacial score (nSPS) is 12.1. The maximum Gasteiger partial charge on any atom is 0.225 e. The highest BCUT2D eigenvalue weighted by Gasteiger charge is 2.23. The van der Waals surface area contributed by atoms with Gasteiger partial charge in [0.2, 0.25) is 5.91 Å². The fraction of sp³-hybridized carbons (Fsp3) is 0.200. The molecular weight excluding hydrogens is 358 g/mol. The third-order valence-electron chi connectivity index (χ3n) is 5.55. The summed E-state index contributed by atoms with van der Waals surface area (Å²) >= 11 is 0. The molecule has 2 aromatic carbocycles. The van der Waals surface area contributed by atoms with E-state index < -0.39 is 0 Å². The number of anilines is 1. The zero-order valence-electron chi connectivity index (χ0n) is 17.0. The van der Waals surface area contributed by atoms with E-state index in [9.17, 15) is 4.79 Å². The van der Waals surface area contributed by atoms with E-state index in [1.165, 1.54) is 16.7 Å². The monoisotopic (exact) mass is 383 g/mol. The first-order chi connectivity index (χ1) is 14.0. The molecule has 0 aliphatic heterocycles. The molecule has 29 heavy (non-hydrogen) atoms. The van der Waals surface area contributed by atoms with Crippen molar-refractivity contribution >= 4 is 17.2 Å². The van der Waals surface area contributed by atoms with Gasteiger partial charge in [0.05, 0.1) is 5.69 Å². The molecule has 4 aromatic rings. The minimum Gasteiger partial charge on any atom is -0.326 e. The Hall–Kier alpha value is -3.40.